The standard InChI is InChI=1S/C15H17NO2S/c1-3-11-8-9-14(19-11)15(18)16-13-7-5-4-6-12(13)10(2)17/h4-10,17H,3H2,1-2H3,(H,16,18). The van der Waals surface area contributed by atoms with E-state index in [0.717, 1.165) is 12.0 Å². The van der Waals surface area contributed by atoms with Gasteiger partial charge < -0.3 is 10.4 Å². The monoisotopic (exact) mass is 275 g/mol. The zero-order valence-electron chi connectivity index (χ0n) is 11.0. The van der Waals surface area contributed by atoms with Gasteiger partial charge >= 0.3 is 0 Å². The lowest BCUT2D eigenvalue weighted by atomic mass is 10.1. The summed E-state index contributed by atoms with van der Waals surface area (Å²) in [6, 6.07) is 11.1. The highest BCUT2D eigenvalue weighted by molar-refractivity contribution is 7.14. The molecule has 1 heterocycles. The van der Waals surface area contributed by atoms with Crippen LogP contribution in [0.5, 0.6) is 0 Å². The molecule has 0 saturated carbocycles. The van der Waals surface area contributed by atoms with Crippen LogP contribution in [0.1, 0.15) is 40.1 Å². The molecule has 19 heavy (non-hydrogen) atoms. The Labute approximate surface area is 116 Å². The summed E-state index contributed by atoms with van der Waals surface area (Å²) in [5.74, 6) is -0.127. The molecule has 1 amide bonds. The predicted octanol–water partition coefficient (Wildman–Crippen LogP) is 3.62. The molecule has 2 N–H and O–H groups in total. The number of amides is 1. The maximum atomic E-state index is 12.1. The van der Waals surface area contributed by atoms with Crippen LogP contribution in [0.4, 0.5) is 5.69 Å². The fraction of sp³-hybridized carbons (Fsp3) is 0.267. The lowest BCUT2D eigenvalue weighted by Gasteiger charge is -2.12. The van der Waals surface area contributed by atoms with E-state index in [1.807, 2.05) is 30.3 Å². The SMILES string of the molecule is CCc1ccc(C(=O)Nc2ccccc2C(C)O)s1. The van der Waals surface area contributed by atoms with Gasteiger partial charge in [0.05, 0.1) is 11.0 Å². The first-order chi connectivity index (χ1) is 9.11. The molecule has 0 aliphatic carbocycles. The molecule has 3 nitrogen and oxygen atoms in total. The summed E-state index contributed by atoms with van der Waals surface area (Å²) in [7, 11) is 0. The third-order valence-electron chi connectivity index (χ3n) is 2.89. The van der Waals surface area contributed by atoms with E-state index in [9.17, 15) is 9.90 Å². The molecule has 0 aliphatic heterocycles. The molecule has 0 aliphatic rings. The highest BCUT2D eigenvalue weighted by Gasteiger charge is 2.13. The molecule has 0 spiro atoms. The van der Waals surface area contributed by atoms with Crippen LogP contribution in [-0.4, -0.2) is 11.0 Å². The van der Waals surface area contributed by atoms with E-state index in [1.165, 1.54) is 16.2 Å². The summed E-state index contributed by atoms with van der Waals surface area (Å²) in [5.41, 5.74) is 1.39. The van der Waals surface area contributed by atoms with Crippen LogP contribution in [-0.2, 0) is 6.42 Å². The van der Waals surface area contributed by atoms with Crippen LogP contribution in [0.3, 0.4) is 0 Å². The quantitative estimate of drug-likeness (QED) is 0.895. The van der Waals surface area contributed by atoms with Gasteiger partial charge in [0.15, 0.2) is 0 Å². The van der Waals surface area contributed by atoms with Gasteiger partial charge in [-0.05, 0) is 31.5 Å². The van der Waals surface area contributed by atoms with E-state index in [1.54, 1.807) is 13.0 Å². The first-order valence-electron chi connectivity index (χ1n) is 6.29. The first-order valence-corrected chi connectivity index (χ1v) is 7.10. The third kappa shape index (κ3) is 3.22. The molecule has 4 heteroatoms. The minimum Gasteiger partial charge on any atom is -0.389 e. The number of anilines is 1. The molecule has 1 aromatic carbocycles. The van der Waals surface area contributed by atoms with Gasteiger partial charge in [0.1, 0.15) is 0 Å². The van der Waals surface area contributed by atoms with Crippen LogP contribution in [0.15, 0.2) is 36.4 Å². The number of carbonyl (C=O) groups is 1. The fourth-order valence-corrected chi connectivity index (χ4v) is 2.69. The average Bonchev–Trinajstić information content (AvgIpc) is 2.88. The first kappa shape index (κ1) is 13.8. The van der Waals surface area contributed by atoms with E-state index < -0.39 is 6.10 Å². The largest absolute Gasteiger partial charge is 0.389 e. The number of hydrogen-bond acceptors (Lipinski definition) is 3. The van der Waals surface area contributed by atoms with Crippen LogP contribution in [0.2, 0.25) is 0 Å². The highest BCUT2D eigenvalue weighted by Crippen LogP contribution is 2.24. The number of nitrogens with one attached hydrogen (secondary N) is 1. The number of aliphatic hydroxyl groups excluding tert-OH is 1. The summed E-state index contributed by atoms with van der Waals surface area (Å²) >= 11 is 1.50. The van der Waals surface area contributed by atoms with Gasteiger partial charge in [-0.3, -0.25) is 4.79 Å². The van der Waals surface area contributed by atoms with Gasteiger partial charge in [-0.1, -0.05) is 25.1 Å². The van der Waals surface area contributed by atoms with Crippen molar-refractivity contribution in [2.45, 2.75) is 26.4 Å². The molecule has 1 unspecified atom stereocenters. The number of aliphatic hydroxyl groups is 1. The number of para-hydroxylation sites is 1. The van der Waals surface area contributed by atoms with Gasteiger partial charge in [0.2, 0.25) is 0 Å². The van der Waals surface area contributed by atoms with Crippen molar-refractivity contribution in [1.29, 1.82) is 0 Å². The maximum absolute atomic E-state index is 12.1. The molecule has 0 saturated heterocycles. The van der Waals surface area contributed by atoms with Crippen molar-refractivity contribution >= 4 is 22.9 Å². The van der Waals surface area contributed by atoms with Crippen molar-refractivity contribution in [1.82, 2.24) is 0 Å². The van der Waals surface area contributed by atoms with Crippen LogP contribution in [0, 0.1) is 0 Å². The molecule has 0 fully saturated rings. The lowest BCUT2D eigenvalue weighted by molar-refractivity contribution is 0.103. The summed E-state index contributed by atoms with van der Waals surface area (Å²) in [6.45, 7) is 3.75. The van der Waals surface area contributed by atoms with Crippen molar-refractivity contribution in [3.05, 3.63) is 51.7 Å². The minimum atomic E-state index is -0.606. The Hall–Kier alpha value is -1.65. The number of benzene rings is 1. The molecular weight excluding hydrogens is 258 g/mol. The molecular formula is C15H17NO2S. The fourth-order valence-electron chi connectivity index (χ4n) is 1.85. The van der Waals surface area contributed by atoms with E-state index >= 15 is 0 Å². The van der Waals surface area contributed by atoms with Crippen molar-refractivity contribution in [3.8, 4) is 0 Å². The number of carbonyl (C=O) groups excluding carboxylic acids is 1. The average molecular weight is 275 g/mol. The molecule has 2 rings (SSSR count). The molecule has 100 valence electrons. The van der Waals surface area contributed by atoms with Crippen molar-refractivity contribution in [2.75, 3.05) is 5.32 Å². The van der Waals surface area contributed by atoms with E-state index in [0.29, 0.717) is 10.6 Å². The number of thiophene rings is 1. The van der Waals surface area contributed by atoms with E-state index in [2.05, 4.69) is 12.2 Å². The molecule has 1 aromatic heterocycles. The number of hydrogen-bond donors (Lipinski definition) is 2. The summed E-state index contributed by atoms with van der Waals surface area (Å²) < 4.78 is 0. The lowest BCUT2D eigenvalue weighted by Crippen LogP contribution is -2.12. The van der Waals surface area contributed by atoms with Crippen LogP contribution < -0.4 is 5.32 Å². The molecule has 0 radical (unpaired) electrons. The van der Waals surface area contributed by atoms with E-state index in [4.69, 9.17) is 0 Å². The Bertz CT molecular complexity index is 575. The minimum absolute atomic E-state index is 0.127. The number of rotatable bonds is 4. The summed E-state index contributed by atoms with van der Waals surface area (Å²) in [4.78, 5) is 14.0. The zero-order valence-corrected chi connectivity index (χ0v) is 11.8. The zero-order chi connectivity index (χ0) is 13.8. The van der Waals surface area contributed by atoms with Gasteiger partial charge in [-0.25, -0.2) is 0 Å². The predicted molar refractivity (Wildman–Crippen MR) is 78.7 cm³/mol. The molecule has 0 bridgehead atoms. The van der Waals surface area contributed by atoms with Gasteiger partial charge in [0.25, 0.3) is 5.91 Å². The Kier molecular flexibility index (Phi) is 4.35. The van der Waals surface area contributed by atoms with Crippen molar-refractivity contribution < 1.29 is 9.90 Å². The Balaban J connectivity index is 2.19. The normalized spacial score (nSPS) is 12.2. The van der Waals surface area contributed by atoms with Gasteiger partial charge in [-0.15, -0.1) is 11.3 Å². The summed E-state index contributed by atoms with van der Waals surface area (Å²) in [5, 5.41) is 12.5. The van der Waals surface area contributed by atoms with Gasteiger partial charge in [-0.2, -0.15) is 0 Å². The second-order valence-electron chi connectivity index (χ2n) is 4.34. The topological polar surface area (TPSA) is 49.3 Å². The smallest absolute Gasteiger partial charge is 0.265 e. The van der Waals surface area contributed by atoms with E-state index in [-0.39, 0.29) is 5.91 Å². The Morgan fingerprint density at radius 2 is 2.05 bits per heavy atom. The number of aryl methyl sites for hydroxylation is 1. The molecule has 1 atom stereocenters. The van der Waals surface area contributed by atoms with Crippen molar-refractivity contribution in [3.63, 3.8) is 0 Å². The van der Waals surface area contributed by atoms with Crippen LogP contribution in [0.25, 0.3) is 0 Å². The maximum Gasteiger partial charge on any atom is 0.265 e. The van der Waals surface area contributed by atoms with Gasteiger partial charge in [0, 0.05) is 16.1 Å². The van der Waals surface area contributed by atoms with Crippen molar-refractivity contribution in [2.24, 2.45) is 0 Å². The Morgan fingerprint density at radius 3 is 2.68 bits per heavy atom. The molecule has 2 aromatic rings. The highest BCUT2D eigenvalue weighted by atomic mass is 32.1. The second kappa shape index (κ2) is 5.99. The Morgan fingerprint density at radius 1 is 1.32 bits per heavy atom. The third-order valence-corrected chi connectivity index (χ3v) is 4.12. The van der Waals surface area contributed by atoms with Crippen LogP contribution >= 0.6 is 11.3 Å². The summed E-state index contributed by atoms with van der Waals surface area (Å²) in [6.07, 6.45) is 0.327. The second-order valence-corrected chi connectivity index (χ2v) is 5.51.